The summed E-state index contributed by atoms with van der Waals surface area (Å²) in [5, 5.41) is 8.92. The van der Waals surface area contributed by atoms with E-state index in [0.717, 1.165) is 6.42 Å². The van der Waals surface area contributed by atoms with Crippen molar-refractivity contribution in [3.05, 3.63) is 157 Å². The van der Waals surface area contributed by atoms with Gasteiger partial charge in [-0.05, 0) is 109 Å². The summed E-state index contributed by atoms with van der Waals surface area (Å²) < 4.78 is 2.37. The normalized spacial score (nSPS) is 11.2. The molecule has 8 aromatic rings. The van der Waals surface area contributed by atoms with Crippen LogP contribution in [0, 0.1) is 6.92 Å². The third-order valence-corrected chi connectivity index (χ3v) is 9.27. The third kappa shape index (κ3) is 5.13. The molecular weight excluding hydrogens is 567 g/mol. The summed E-state index contributed by atoms with van der Waals surface area (Å²) in [4.78, 5) is 0. The van der Waals surface area contributed by atoms with Crippen molar-refractivity contribution < 1.29 is 0 Å². The Balaban J connectivity index is 0.00000113. The van der Waals surface area contributed by atoms with Gasteiger partial charge in [0.05, 0.1) is 5.52 Å². The predicted molar refractivity (Wildman–Crippen MR) is 207 cm³/mol. The molecule has 0 atom stereocenters. The number of hydrogen-bond donors (Lipinski definition) is 0. The van der Waals surface area contributed by atoms with E-state index in [1.54, 1.807) is 0 Å². The maximum absolute atomic E-state index is 4.21. The highest BCUT2D eigenvalue weighted by molar-refractivity contribution is 6.22. The first kappa shape index (κ1) is 30.3. The van der Waals surface area contributed by atoms with Crippen LogP contribution in [-0.2, 0) is 6.42 Å². The number of rotatable bonds is 5. The molecule has 230 valence electrons. The molecule has 0 amide bonds. The minimum Gasteiger partial charge on any atom is -0.310 e. The van der Waals surface area contributed by atoms with E-state index in [1.807, 2.05) is 6.08 Å². The van der Waals surface area contributed by atoms with Crippen LogP contribution in [0.1, 0.15) is 44.0 Å². The Hall–Kier alpha value is -5.40. The summed E-state index contributed by atoms with van der Waals surface area (Å²) in [5.41, 5.74) is 11.3. The molecule has 0 aliphatic carbocycles. The van der Waals surface area contributed by atoms with Crippen LogP contribution >= 0.6 is 0 Å². The van der Waals surface area contributed by atoms with Gasteiger partial charge in [-0.1, -0.05) is 143 Å². The first-order valence-corrected chi connectivity index (χ1v) is 16.9. The second-order valence-corrected chi connectivity index (χ2v) is 12.4. The smallest absolute Gasteiger partial charge is 0.0537 e. The number of nitrogens with zero attached hydrogens (tertiary/aromatic N) is 1. The fourth-order valence-corrected chi connectivity index (χ4v) is 7.33. The van der Waals surface area contributed by atoms with Crippen LogP contribution in [0.3, 0.4) is 0 Å². The van der Waals surface area contributed by atoms with Crippen LogP contribution in [0.25, 0.3) is 77.2 Å². The van der Waals surface area contributed by atoms with Gasteiger partial charge in [0, 0.05) is 16.8 Å². The lowest BCUT2D eigenvalue weighted by atomic mass is 9.84. The number of aromatic nitrogens is 1. The minimum absolute atomic E-state index is 0.966. The van der Waals surface area contributed by atoms with E-state index in [-0.39, 0.29) is 0 Å². The molecule has 0 radical (unpaired) electrons. The second-order valence-electron chi connectivity index (χ2n) is 12.4. The minimum atomic E-state index is 0.966. The van der Waals surface area contributed by atoms with Gasteiger partial charge in [-0.2, -0.15) is 0 Å². The van der Waals surface area contributed by atoms with Gasteiger partial charge in [0.25, 0.3) is 0 Å². The molecule has 0 saturated carbocycles. The van der Waals surface area contributed by atoms with Crippen LogP contribution in [0.4, 0.5) is 0 Å². The molecule has 0 N–H and O–H groups in total. The molecular formula is C46H41N. The molecule has 47 heavy (non-hydrogen) atoms. The lowest BCUT2D eigenvalue weighted by Gasteiger charge is -2.20. The fourth-order valence-electron chi connectivity index (χ4n) is 7.33. The van der Waals surface area contributed by atoms with E-state index < -0.39 is 0 Å². The Morgan fingerprint density at radius 2 is 1.13 bits per heavy atom. The van der Waals surface area contributed by atoms with Gasteiger partial charge >= 0.3 is 0 Å². The van der Waals surface area contributed by atoms with Crippen molar-refractivity contribution in [1.82, 2.24) is 4.57 Å². The van der Waals surface area contributed by atoms with Crippen molar-refractivity contribution in [2.24, 2.45) is 0 Å². The third-order valence-electron chi connectivity index (χ3n) is 9.27. The number of fused-ring (bicyclic) bond motifs is 4. The number of aryl methyl sites for hydroxylation is 2. The van der Waals surface area contributed by atoms with Crippen molar-refractivity contribution in [3.8, 4) is 27.9 Å². The molecule has 0 aliphatic heterocycles. The zero-order valence-electron chi connectivity index (χ0n) is 27.8. The number of para-hydroxylation sites is 1. The lowest BCUT2D eigenvalue weighted by Crippen LogP contribution is -1.99. The van der Waals surface area contributed by atoms with Gasteiger partial charge in [-0.3, -0.25) is 0 Å². The Labute approximate surface area is 278 Å². The fraction of sp³-hybridized carbons (Fsp3) is 0.130. The van der Waals surface area contributed by atoms with Gasteiger partial charge in [0.2, 0.25) is 0 Å². The first-order chi connectivity index (χ1) is 23.1. The van der Waals surface area contributed by atoms with Gasteiger partial charge in [-0.25, -0.2) is 0 Å². The van der Waals surface area contributed by atoms with Crippen molar-refractivity contribution in [2.45, 2.75) is 40.5 Å². The van der Waals surface area contributed by atoms with E-state index >= 15 is 0 Å². The molecule has 1 heterocycles. The van der Waals surface area contributed by atoms with E-state index in [0.29, 0.717) is 0 Å². The summed E-state index contributed by atoms with van der Waals surface area (Å²) in [6.45, 7) is 12.9. The van der Waals surface area contributed by atoms with Crippen LogP contribution in [0.5, 0.6) is 0 Å². The molecule has 8 rings (SSSR count). The van der Waals surface area contributed by atoms with E-state index in [9.17, 15) is 0 Å². The van der Waals surface area contributed by atoms with E-state index in [2.05, 4.69) is 172 Å². The van der Waals surface area contributed by atoms with Gasteiger partial charge in [0.15, 0.2) is 0 Å². The Morgan fingerprint density at radius 3 is 1.72 bits per heavy atom. The second kappa shape index (κ2) is 12.8. The molecule has 0 aliphatic rings. The molecule has 0 unspecified atom stereocenters. The molecule has 0 saturated heterocycles. The molecule has 1 nitrogen and oxygen atoms in total. The van der Waals surface area contributed by atoms with Crippen molar-refractivity contribution in [1.29, 1.82) is 0 Å². The zero-order valence-corrected chi connectivity index (χ0v) is 27.8. The monoisotopic (exact) mass is 607 g/mol. The van der Waals surface area contributed by atoms with Crippen LogP contribution in [0.2, 0.25) is 0 Å². The topological polar surface area (TPSA) is 4.93 Å². The standard InChI is InChI=1S/C43H33N.C3H8/c1-4-33-35-16-12-13-21-41(35)44(40(33)5-2)32-24-25-34(28(3)26-32)43-38-19-10-8-17-36(38)42(37-18-9-11-20-39(37)43)31-23-22-29-14-6-7-15-30(29)27-31;1-3-2/h5-27H,2,4H2,1,3H3;3H2,1-2H3. The highest BCUT2D eigenvalue weighted by Crippen LogP contribution is 2.45. The van der Waals surface area contributed by atoms with Crippen molar-refractivity contribution in [3.63, 3.8) is 0 Å². The van der Waals surface area contributed by atoms with Crippen molar-refractivity contribution >= 4 is 49.3 Å². The average molecular weight is 608 g/mol. The maximum Gasteiger partial charge on any atom is 0.0537 e. The summed E-state index contributed by atoms with van der Waals surface area (Å²) in [7, 11) is 0. The maximum atomic E-state index is 4.21. The Bertz CT molecular complexity index is 2360. The summed E-state index contributed by atoms with van der Waals surface area (Å²) in [6.07, 6.45) is 4.22. The van der Waals surface area contributed by atoms with Gasteiger partial charge in [0.1, 0.15) is 0 Å². The van der Waals surface area contributed by atoms with E-state index in [1.165, 1.54) is 94.4 Å². The average Bonchev–Trinajstić information content (AvgIpc) is 3.44. The number of hydrogen-bond acceptors (Lipinski definition) is 0. The molecule has 7 aromatic carbocycles. The lowest BCUT2D eigenvalue weighted by molar-refractivity contribution is 1.06. The first-order valence-electron chi connectivity index (χ1n) is 16.9. The Kier molecular flexibility index (Phi) is 8.23. The van der Waals surface area contributed by atoms with Crippen LogP contribution < -0.4 is 0 Å². The largest absolute Gasteiger partial charge is 0.310 e. The molecule has 1 aromatic heterocycles. The van der Waals surface area contributed by atoms with Gasteiger partial charge in [-0.15, -0.1) is 0 Å². The van der Waals surface area contributed by atoms with Crippen molar-refractivity contribution in [2.75, 3.05) is 0 Å². The summed E-state index contributed by atoms with van der Waals surface area (Å²) in [6, 6.07) is 49.0. The quantitative estimate of drug-likeness (QED) is 0.172. The molecule has 1 heteroatoms. The van der Waals surface area contributed by atoms with E-state index in [4.69, 9.17) is 0 Å². The molecule has 0 fully saturated rings. The molecule has 0 spiro atoms. The number of benzene rings is 7. The van der Waals surface area contributed by atoms with Crippen LogP contribution in [0.15, 0.2) is 140 Å². The highest BCUT2D eigenvalue weighted by Gasteiger charge is 2.19. The zero-order chi connectivity index (χ0) is 32.5. The summed E-state index contributed by atoms with van der Waals surface area (Å²) >= 11 is 0. The summed E-state index contributed by atoms with van der Waals surface area (Å²) in [5.74, 6) is 0. The SMILES string of the molecule is C=Cc1c(CC)c2ccccc2n1-c1ccc(-c2c3ccccc3c(-c3ccc4ccccc4c3)c3ccccc23)c(C)c1.CCC. The Morgan fingerprint density at radius 1 is 0.574 bits per heavy atom. The van der Waals surface area contributed by atoms with Crippen LogP contribution in [-0.4, -0.2) is 4.57 Å². The predicted octanol–water partition coefficient (Wildman–Crippen LogP) is 13.4. The highest BCUT2D eigenvalue weighted by atomic mass is 15.0. The molecule has 0 bridgehead atoms. The van der Waals surface area contributed by atoms with Gasteiger partial charge < -0.3 is 4.57 Å².